The third kappa shape index (κ3) is 7.02. The third-order valence-corrected chi connectivity index (χ3v) is 4.78. The molecule has 1 amide bonds. The highest BCUT2D eigenvalue weighted by molar-refractivity contribution is 5.69. The predicted molar refractivity (Wildman–Crippen MR) is 104 cm³/mol. The lowest BCUT2D eigenvalue weighted by molar-refractivity contribution is -0.137. The van der Waals surface area contributed by atoms with Gasteiger partial charge in [0.05, 0.1) is 11.6 Å². The summed E-state index contributed by atoms with van der Waals surface area (Å²) in [6, 6.07) is 12.4. The first-order chi connectivity index (χ1) is 14.2. The van der Waals surface area contributed by atoms with Crippen molar-refractivity contribution in [2.75, 3.05) is 13.2 Å². The lowest BCUT2D eigenvalue weighted by Crippen LogP contribution is -2.43. The molecule has 2 aromatic carbocycles. The molecule has 1 aliphatic heterocycles. The van der Waals surface area contributed by atoms with Gasteiger partial charge in [0.25, 0.3) is 0 Å². The van der Waals surface area contributed by atoms with Crippen LogP contribution < -0.4 is 0 Å². The van der Waals surface area contributed by atoms with E-state index < -0.39 is 23.9 Å². The van der Waals surface area contributed by atoms with Gasteiger partial charge in [0.1, 0.15) is 11.9 Å². The van der Waals surface area contributed by atoms with Crippen molar-refractivity contribution in [1.82, 2.24) is 4.90 Å². The smallest absolute Gasteiger partial charge is 0.416 e. The number of amides is 1. The van der Waals surface area contributed by atoms with E-state index in [1.165, 1.54) is 23.1 Å². The van der Waals surface area contributed by atoms with Crippen LogP contribution in [0.5, 0.6) is 0 Å². The number of cyclic esters (lactones) is 1. The van der Waals surface area contributed by atoms with Gasteiger partial charge in [-0.3, -0.25) is 0 Å². The largest absolute Gasteiger partial charge is 0.446 e. The molecule has 3 rings (SSSR count). The SMILES string of the molecule is CC(c1cccc(C(F)(F)F)c1)N1CCC(CCCO)OC1=O.Fc1ccccc1. The molecule has 1 fully saturated rings. The van der Waals surface area contributed by atoms with Crippen LogP contribution in [0.2, 0.25) is 0 Å². The lowest BCUT2D eigenvalue weighted by Gasteiger charge is -2.36. The van der Waals surface area contributed by atoms with Gasteiger partial charge >= 0.3 is 12.3 Å². The van der Waals surface area contributed by atoms with Gasteiger partial charge in [-0.25, -0.2) is 9.18 Å². The Balaban J connectivity index is 0.000000386. The molecule has 8 heteroatoms. The van der Waals surface area contributed by atoms with E-state index in [-0.39, 0.29) is 18.5 Å². The number of nitrogens with zero attached hydrogens (tertiary/aromatic N) is 1. The number of rotatable bonds is 5. The lowest BCUT2D eigenvalue weighted by atomic mass is 10.0. The Morgan fingerprint density at radius 2 is 1.87 bits per heavy atom. The number of carbonyl (C=O) groups excluding carboxylic acids is 1. The maximum atomic E-state index is 12.8. The molecule has 4 nitrogen and oxygen atoms in total. The van der Waals surface area contributed by atoms with Crippen molar-refractivity contribution >= 4 is 6.09 Å². The van der Waals surface area contributed by atoms with E-state index in [0.29, 0.717) is 31.4 Å². The Kier molecular flexibility index (Phi) is 8.65. The van der Waals surface area contributed by atoms with Gasteiger partial charge in [0, 0.05) is 19.6 Å². The second kappa shape index (κ2) is 11.0. The molecule has 164 valence electrons. The van der Waals surface area contributed by atoms with E-state index in [9.17, 15) is 22.4 Å². The molecule has 1 N–H and O–H groups in total. The van der Waals surface area contributed by atoms with Gasteiger partial charge in [-0.1, -0.05) is 30.3 Å². The van der Waals surface area contributed by atoms with Crippen LogP contribution in [-0.2, 0) is 10.9 Å². The van der Waals surface area contributed by atoms with Crippen LogP contribution in [-0.4, -0.2) is 35.4 Å². The first-order valence-electron chi connectivity index (χ1n) is 9.68. The number of hydrogen-bond acceptors (Lipinski definition) is 3. The van der Waals surface area contributed by atoms with E-state index >= 15 is 0 Å². The summed E-state index contributed by atoms with van der Waals surface area (Å²) < 4.78 is 55.6. The van der Waals surface area contributed by atoms with E-state index in [4.69, 9.17) is 9.84 Å². The highest BCUT2D eigenvalue weighted by Gasteiger charge is 2.33. The Hall–Kier alpha value is -2.61. The summed E-state index contributed by atoms with van der Waals surface area (Å²) in [4.78, 5) is 13.5. The summed E-state index contributed by atoms with van der Waals surface area (Å²) in [5, 5.41) is 8.80. The Bertz CT molecular complexity index is 798. The van der Waals surface area contributed by atoms with Crippen molar-refractivity contribution in [2.45, 2.75) is 44.5 Å². The molecule has 0 radical (unpaired) electrons. The normalized spacial score (nSPS) is 17.6. The van der Waals surface area contributed by atoms with Gasteiger partial charge in [0.15, 0.2) is 0 Å². The first kappa shape index (κ1) is 23.7. The number of aliphatic hydroxyl groups excluding tert-OH is 1. The van der Waals surface area contributed by atoms with Gasteiger partial charge in [-0.15, -0.1) is 0 Å². The molecule has 2 unspecified atom stereocenters. The monoisotopic (exact) mass is 427 g/mol. The van der Waals surface area contributed by atoms with Crippen LogP contribution in [0.15, 0.2) is 54.6 Å². The van der Waals surface area contributed by atoms with Crippen molar-refractivity contribution in [2.24, 2.45) is 0 Å². The molecular formula is C22H25F4NO3. The van der Waals surface area contributed by atoms with Crippen LogP contribution in [0.1, 0.15) is 43.4 Å². The van der Waals surface area contributed by atoms with Crippen molar-refractivity contribution in [3.63, 3.8) is 0 Å². The fraction of sp³-hybridized carbons (Fsp3) is 0.409. The average molecular weight is 427 g/mol. The molecule has 0 aromatic heterocycles. The van der Waals surface area contributed by atoms with Gasteiger partial charge in [-0.05, 0) is 49.6 Å². The molecule has 30 heavy (non-hydrogen) atoms. The molecule has 1 aliphatic rings. The minimum atomic E-state index is -4.41. The van der Waals surface area contributed by atoms with Crippen molar-refractivity contribution in [3.05, 3.63) is 71.5 Å². The van der Waals surface area contributed by atoms with Gasteiger partial charge < -0.3 is 14.7 Å². The van der Waals surface area contributed by atoms with Crippen molar-refractivity contribution in [3.8, 4) is 0 Å². The third-order valence-electron chi connectivity index (χ3n) is 4.78. The summed E-state index contributed by atoms with van der Waals surface area (Å²) in [6.45, 7) is 2.15. The molecule has 0 spiro atoms. The van der Waals surface area contributed by atoms with Crippen molar-refractivity contribution in [1.29, 1.82) is 0 Å². The summed E-state index contributed by atoms with van der Waals surface area (Å²) >= 11 is 0. The second-order valence-electron chi connectivity index (χ2n) is 6.95. The molecule has 2 atom stereocenters. The van der Waals surface area contributed by atoms with E-state index in [2.05, 4.69) is 0 Å². The van der Waals surface area contributed by atoms with Crippen LogP contribution in [0.25, 0.3) is 0 Å². The zero-order valence-corrected chi connectivity index (χ0v) is 16.6. The highest BCUT2D eigenvalue weighted by Crippen LogP contribution is 2.33. The number of hydrogen-bond donors (Lipinski definition) is 1. The molecule has 0 saturated carbocycles. The maximum absolute atomic E-state index is 12.8. The number of carbonyl (C=O) groups is 1. The Labute approximate surface area is 173 Å². The van der Waals surface area contributed by atoms with Gasteiger partial charge in [-0.2, -0.15) is 13.2 Å². The van der Waals surface area contributed by atoms with Crippen LogP contribution >= 0.6 is 0 Å². The van der Waals surface area contributed by atoms with Crippen molar-refractivity contribution < 1.29 is 32.2 Å². The topological polar surface area (TPSA) is 49.8 Å². The second-order valence-corrected chi connectivity index (χ2v) is 6.95. The Morgan fingerprint density at radius 1 is 1.17 bits per heavy atom. The molecular weight excluding hydrogens is 402 g/mol. The number of halogens is 4. The maximum Gasteiger partial charge on any atom is 0.416 e. The minimum Gasteiger partial charge on any atom is -0.446 e. The fourth-order valence-electron chi connectivity index (χ4n) is 3.09. The Morgan fingerprint density at radius 3 is 2.40 bits per heavy atom. The zero-order valence-electron chi connectivity index (χ0n) is 16.6. The summed E-state index contributed by atoms with van der Waals surface area (Å²) in [6.07, 6.45) is -3.42. The summed E-state index contributed by atoms with van der Waals surface area (Å²) in [5.41, 5.74) is -0.307. The first-order valence-corrected chi connectivity index (χ1v) is 9.68. The zero-order chi connectivity index (χ0) is 22.1. The van der Waals surface area contributed by atoms with E-state index in [0.717, 1.165) is 12.1 Å². The van der Waals surface area contributed by atoms with Crippen LogP contribution in [0.4, 0.5) is 22.4 Å². The number of ether oxygens (including phenoxy) is 1. The molecule has 1 heterocycles. The average Bonchev–Trinajstić information content (AvgIpc) is 2.72. The van der Waals surface area contributed by atoms with Crippen LogP contribution in [0.3, 0.4) is 0 Å². The summed E-state index contributed by atoms with van der Waals surface area (Å²) in [7, 11) is 0. The minimum absolute atomic E-state index is 0.0401. The van der Waals surface area contributed by atoms with Crippen LogP contribution in [0, 0.1) is 5.82 Å². The predicted octanol–water partition coefficient (Wildman–Crippen LogP) is 5.58. The standard InChI is InChI=1S/C16H20F3NO3.C6H5F/c1-11(12-4-2-5-13(10-12)16(17,18)19)20-8-7-14(6-3-9-21)23-15(20)22;7-6-4-2-1-3-5-6/h2,4-5,10-11,14,21H,3,6-9H2,1H3;1-5H. The van der Waals surface area contributed by atoms with E-state index in [1.807, 2.05) is 0 Å². The number of aliphatic hydroxyl groups is 1. The molecule has 0 bridgehead atoms. The van der Waals surface area contributed by atoms with E-state index in [1.54, 1.807) is 31.2 Å². The molecule has 0 aliphatic carbocycles. The fourth-order valence-corrected chi connectivity index (χ4v) is 3.09. The number of benzene rings is 2. The molecule has 1 saturated heterocycles. The summed E-state index contributed by atoms with van der Waals surface area (Å²) in [5.74, 6) is -0.178. The number of alkyl halides is 3. The quantitative estimate of drug-likeness (QED) is 0.634. The van der Waals surface area contributed by atoms with Gasteiger partial charge in [0.2, 0.25) is 0 Å². The molecule has 2 aromatic rings. The highest BCUT2D eigenvalue weighted by atomic mass is 19.4.